The van der Waals surface area contributed by atoms with E-state index in [-0.39, 0.29) is 17.0 Å². The van der Waals surface area contributed by atoms with Gasteiger partial charge in [-0.15, -0.1) is 0 Å². The van der Waals surface area contributed by atoms with Crippen molar-refractivity contribution >= 4 is 11.6 Å². The third-order valence-electron chi connectivity index (χ3n) is 5.10. The Morgan fingerprint density at radius 1 is 1.21 bits per heavy atom. The number of nitrogens with one attached hydrogen (secondary N) is 1. The van der Waals surface area contributed by atoms with Crippen molar-refractivity contribution in [1.29, 1.82) is 0 Å². The zero-order valence-electron chi connectivity index (χ0n) is 15.4. The molecule has 0 spiro atoms. The van der Waals surface area contributed by atoms with Gasteiger partial charge >= 0.3 is 0 Å². The lowest BCUT2D eigenvalue weighted by molar-refractivity contribution is -0.151. The van der Waals surface area contributed by atoms with Crippen LogP contribution in [0.15, 0.2) is 0 Å². The van der Waals surface area contributed by atoms with E-state index in [1.807, 2.05) is 18.7 Å². The summed E-state index contributed by atoms with van der Waals surface area (Å²) in [4.78, 5) is 29.2. The van der Waals surface area contributed by atoms with Crippen LogP contribution in [0.2, 0.25) is 0 Å². The van der Waals surface area contributed by atoms with Crippen molar-refractivity contribution in [2.45, 2.75) is 46.3 Å². The first-order chi connectivity index (χ1) is 11.3. The maximum atomic E-state index is 12.5. The Bertz CT molecular complexity index is 427. The van der Waals surface area contributed by atoms with Crippen molar-refractivity contribution in [3.63, 3.8) is 0 Å². The van der Waals surface area contributed by atoms with Gasteiger partial charge in [0.05, 0.1) is 0 Å². The van der Waals surface area contributed by atoms with Crippen molar-refractivity contribution in [2.24, 2.45) is 11.3 Å². The van der Waals surface area contributed by atoms with Gasteiger partial charge in [0.1, 0.15) is 23.7 Å². The lowest BCUT2D eigenvalue weighted by Crippen LogP contribution is -2.53. The Balaban J connectivity index is 1.98. The number of Topliss-reactive ketones (excluding diaryl/α,β-unsaturated/α-hetero) is 2. The van der Waals surface area contributed by atoms with E-state index >= 15 is 0 Å². The molecule has 6 heteroatoms. The van der Waals surface area contributed by atoms with E-state index in [1.54, 1.807) is 0 Å². The summed E-state index contributed by atoms with van der Waals surface area (Å²) in [5.74, 6) is -1.08. The van der Waals surface area contributed by atoms with E-state index in [4.69, 9.17) is 0 Å². The molecule has 0 amide bonds. The molecule has 2 rings (SSSR count). The van der Waals surface area contributed by atoms with Crippen LogP contribution >= 0.6 is 0 Å². The number of carbonyl (C=O) groups is 2. The van der Waals surface area contributed by atoms with Crippen LogP contribution in [0.1, 0.15) is 40.0 Å². The van der Waals surface area contributed by atoms with Crippen LogP contribution in [0.4, 0.5) is 0 Å². The largest absolute Gasteiger partial charge is 0.377 e. The minimum absolute atomic E-state index is 0.105. The molecule has 1 saturated carbocycles. The maximum absolute atomic E-state index is 12.5. The Morgan fingerprint density at radius 2 is 1.79 bits per heavy atom. The van der Waals surface area contributed by atoms with E-state index < -0.39 is 12.1 Å². The second-order valence-corrected chi connectivity index (χ2v) is 7.97. The average molecular weight is 339 g/mol. The van der Waals surface area contributed by atoms with Gasteiger partial charge in [-0.1, -0.05) is 20.8 Å². The summed E-state index contributed by atoms with van der Waals surface area (Å²) in [5.41, 5.74) is -0.277. The highest BCUT2D eigenvalue weighted by molar-refractivity contribution is 6.05. The zero-order chi connectivity index (χ0) is 17.7. The highest BCUT2D eigenvalue weighted by Gasteiger charge is 2.44. The van der Waals surface area contributed by atoms with E-state index in [1.165, 1.54) is 0 Å². The first-order valence-electron chi connectivity index (χ1n) is 9.24. The number of carbonyl (C=O) groups excluding carboxylic acids is 2. The van der Waals surface area contributed by atoms with Crippen LogP contribution in [-0.2, 0) is 9.59 Å². The number of nitrogens with zero attached hydrogens (tertiary/aromatic N) is 2. The lowest BCUT2D eigenvalue weighted by Gasteiger charge is -2.38. The average Bonchev–Trinajstić information content (AvgIpc) is 2.50. The number of ketones is 2. The van der Waals surface area contributed by atoms with Crippen LogP contribution in [0.5, 0.6) is 0 Å². The molecule has 1 unspecified atom stereocenters. The Morgan fingerprint density at radius 3 is 2.33 bits per heavy atom. The zero-order valence-corrected chi connectivity index (χ0v) is 15.4. The normalized spacial score (nSPS) is 24.5. The van der Waals surface area contributed by atoms with Crippen molar-refractivity contribution < 1.29 is 14.7 Å². The fourth-order valence-corrected chi connectivity index (χ4v) is 3.82. The molecule has 0 bridgehead atoms. The van der Waals surface area contributed by atoms with Crippen molar-refractivity contribution in [3.8, 4) is 0 Å². The molecule has 1 heterocycles. The summed E-state index contributed by atoms with van der Waals surface area (Å²) in [6.07, 6.45) is 0.652. The smallest absolute Gasteiger partial charge is 0.147 e. The molecule has 2 fully saturated rings. The Labute approximate surface area is 145 Å². The van der Waals surface area contributed by atoms with Gasteiger partial charge in [0.15, 0.2) is 0 Å². The van der Waals surface area contributed by atoms with Crippen LogP contribution in [0, 0.1) is 11.3 Å². The summed E-state index contributed by atoms with van der Waals surface area (Å²) in [5, 5.41) is 14.1. The molecule has 0 aromatic carbocycles. The minimum Gasteiger partial charge on any atom is -0.377 e. The number of hydrogen-bond donors (Lipinski definition) is 2. The maximum Gasteiger partial charge on any atom is 0.147 e. The third kappa shape index (κ3) is 5.09. The van der Waals surface area contributed by atoms with Gasteiger partial charge in [-0.05, 0) is 11.8 Å². The molecule has 0 aromatic heterocycles. The summed E-state index contributed by atoms with van der Waals surface area (Å²) >= 11 is 0. The second-order valence-electron chi connectivity index (χ2n) is 7.97. The fraction of sp³-hybridized carbons (Fsp3) is 0.889. The quantitative estimate of drug-likeness (QED) is 0.520. The summed E-state index contributed by atoms with van der Waals surface area (Å²) < 4.78 is 0. The van der Waals surface area contributed by atoms with Crippen LogP contribution in [0.3, 0.4) is 0 Å². The van der Waals surface area contributed by atoms with Crippen molar-refractivity contribution in [1.82, 2.24) is 15.1 Å². The van der Waals surface area contributed by atoms with Gasteiger partial charge in [-0.3, -0.25) is 19.4 Å². The van der Waals surface area contributed by atoms with E-state index in [0.29, 0.717) is 25.9 Å². The molecule has 24 heavy (non-hydrogen) atoms. The number of piperazine rings is 1. The lowest BCUT2D eigenvalue weighted by atomic mass is 9.71. The molecule has 138 valence electrons. The molecule has 0 radical (unpaired) electrons. The minimum atomic E-state index is -0.982. The van der Waals surface area contributed by atoms with Gasteiger partial charge in [0, 0.05) is 58.7 Å². The van der Waals surface area contributed by atoms with E-state index in [0.717, 1.165) is 39.1 Å². The van der Waals surface area contributed by atoms with Gasteiger partial charge in [0.2, 0.25) is 0 Å². The summed E-state index contributed by atoms with van der Waals surface area (Å²) in [6.45, 7) is 12.2. The highest BCUT2D eigenvalue weighted by Crippen LogP contribution is 2.35. The Hall–Kier alpha value is -0.820. The highest BCUT2D eigenvalue weighted by atomic mass is 16.3. The first-order valence-corrected chi connectivity index (χ1v) is 9.24. The molecular formula is C18H33N3O3. The second kappa shape index (κ2) is 8.52. The standard InChI is InChI=1S/C18H33N3O3/c1-4-7-21(11-10-20-8-5-19-6-9-20)17(24)16-14(22)12-18(2,3)13-15(16)23/h16-17,19,24H,4-13H2,1-3H3. The topological polar surface area (TPSA) is 72.9 Å². The molecule has 1 aliphatic carbocycles. The molecule has 6 nitrogen and oxygen atoms in total. The number of hydrogen-bond acceptors (Lipinski definition) is 6. The van der Waals surface area contributed by atoms with Crippen LogP contribution in [-0.4, -0.2) is 78.5 Å². The first kappa shape index (κ1) is 19.5. The summed E-state index contributed by atoms with van der Waals surface area (Å²) in [7, 11) is 0. The monoisotopic (exact) mass is 339 g/mol. The number of aliphatic hydroxyl groups is 1. The van der Waals surface area contributed by atoms with Crippen LogP contribution < -0.4 is 5.32 Å². The van der Waals surface area contributed by atoms with Gasteiger partial charge in [-0.25, -0.2) is 0 Å². The van der Waals surface area contributed by atoms with Crippen molar-refractivity contribution in [3.05, 3.63) is 0 Å². The third-order valence-corrected chi connectivity index (χ3v) is 5.10. The summed E-state index contributed by atoms with van der Waals surface area (Å²) in [6, 6.07) is 0. The van der Waals surface area contributed by atoms with E-state index in [2.05, 4.69) is 17.1 Å². The molecular weight excluding hydrogens is 306 g/mol. The van der Waals surface area contributed by atoms with Crippen molar-refractivity contribution in [2.75, 3.05) is 45.8 Å². The van der Waals surface area contributed by atoms with Crippen LogP contribution in [0.25, 0.3) is 0 Å². The molecule has 1 atom stereocenters. The fourth-order valence-electron chi connectivity index (χ4n) is 3.82. The Kier molecular flexibility index (Phi) is 6.92. The van der Waals surface area contributed by atoms with Gasteiger partial charge in [0.25, 0.3) is 0 Å². The predicted octanol–water partition coefficient (Wildman–Crippen LogP) is 0.496. The number of rotatable bonds is 7. The molecule has 2 aliphatic rings. The molecule has 1 saturated heterocycles. The van der Waals surface area contributed by atoms with Gasteiger partial charge in [-0.2, -0.15) is 0 Å². The SMILES string of the molecule is CCCN(CCN1CCNCC1)C(O)C1C(=O)CC(C)(C)CC1=O. The predicted molar refractivity (Wildman–Crippen MR) is 93.7 cm³/mol. The molecule has 1 aliphatic heterocycles. The number of aliphatic hydroxyl groups excluding tert-OH is 1. The molecule has 2 N–H and O–H groups in total. The van der Waals surface area contributed by atoms with E-state index in [9.17, 15) is 14.7 Å². The molecule has 0 aromatic rings. The van der Waals surface area contributed by atoms with Gasteiger partial charge < -0.3 is 10.4 Å².